The third kappa shape index (κ3) is 5.77. The molecule has 8 heteroatoms. The average Bonchev–Trinajstić information content (AvgIpc) is 3.45. The van der Waals surface area contributed by atoms with E-state index in [2.05, 4.69) is 16.4 Å². The zero-order valence-electron chi connectivity index (χ0n) is 18.9. The molecule has 0 saturated heterocycles. The molecule has 2 N–H and O–H groups in total. The Hall–Kier alpha value is -3.23. The van der Waals surface area contributed by atoms with E-state index in [0.29, 0.717) is 23.9 Å². The summed E-state index contributed by atoms with van der Waals surface area (Å²) in [6, 6.07) is 16.1. The van der Waals surface area contributed by atoms with Gasteiger partial charge in [0.2, 0.25) is 0 Å². The number of aromatic amines is 1. The number of hydrogen-bond donors (Lipinski definition) is 2. The fraction of sp³-hybridized carbons (Fsp3) is 0.280. The average molecular weight is 469 g/mol. The van der Waals surface area contributed by atoms with Crippen molar-refractivity contribution in [3.63, 3.8) is 0 Å². The Balaban J connectivity index is 1.64. The molecule has 0 unspecified atom stereocenters. The van der Waals surface area contributed by atoms with Gasteiger partial charge in [0, 0.05) is 37.2 Å². The van der Waals surface area contributed by atoms with Gasteiger partial charge in [0.05, 0.1) is 22.9 Å². The Morgan fingerprint density at radius 3 is 2.36 bits per heavy atom. The second-order valence-electron chi connectivity index (χ2n) is 8.04. The van der Waals surface area contributed by atoms with Crippen LogP contribution < -0.4 is 14.8 Å². The summed E-state index contributed by atoms with van der Waals surface area (Å²) in [6.07, 6.45) is 4.23. The summed E-state index contributed by atoms with van der Waals surface area (Å²) in [7, 11) is -1.63. The molecular formula is C25H28N2O5S. The van der Waals surface area contributed by atoms with Gasteiger partial charge in [-0.05, 0) is 61.9 Å². The first kappa shape index (κ1) is 22.9. The lowest BCUT2D eigenvalue weighted by Gasteiger charge is -2.16. The summed E-state index contributed by atoms with van der Waals surface area (Å²) in [5.41, 5.74) is 3.97. The first-order chi connectivity index (χ1) is 15.8. The van der Waals surface area contributed by atoms with E-state index in [0.717, 1.165) is 35.6 Å². The molecule has 0 bridgehead atoms. The van der Waals surface area contributed by atoms with Crippen LogP contribution in [0.15, 0.2) is 65.6 Å². The molecule has 1 aliphatic heterocycles. The lowest BCUT2D eigenvalue weighted by molar-refractivity contribution is 0.0920. The highest BCUT2D eigenvalue weighted by Crippen LogP contribution is 2.33. The first-order valence-electron chi connectivity index (χ1n) is 10.7. The molecule has 3 aromatic rings. The van der Waals surface area contributed by atoms with E-state index >= 15 is 0 Å². The fourth-order valence-corrected chi connectivity index (χ4v) is 4.30. The van der Waals surface area contributed by atoms with Gasteiger partial charge >= 0.3 is 0 Å². The van der Waals surface area contributed by atoms with Crippen LogP contribution in [-0.2, 0) is 14.6 Å². The molecule has 0 saturated carbocycles. The van der Waals surface area contributed by atoms with Crippen LogP contribution >= 0.6 is 0 Å². The Morgan fingerprint density at radius 1 is 0.970 bits per heavy atom. The molecule has 174 valence electrons. The first-order valence-corrected chi connectivity index (χ1v) is 12.6. The van der Waals surface area contributed by atoms with Crippen molar-refractivity contribution >= 4 is 15.5 Å². The second-order valence-corrected chi connectivity index (χ2v) is 10.1. The molecule has 1 atom stereocenters. The molecule has 0 amide bonds. The van der Waals surface area contributed by atoms with E-state index in [1.54, 1.807) is 19.2 Å². The summed E-state index contributed by atoms with van der Waals surface area (Å²) in [6.45, 7) is 3.34. The predicted octanol–water partition coefficient (Wildman–Crippen LogP) is 4.63. The lowest BCUT2D eigenvalue weighted by Crippen LogP contribution is -2.17. The van der Waals surface area contributed by atoms with Crippen LogP contribution in [0.3, 0.4) is 0 Å². The zero-order chi connectivity index (χ0) is 23.4. The number of methoxy groups -OCH3 is 1. The van der Waals surface area contributed by atoms with Gasteiger partial charge in [0.15, 0.2) is 9.84 Å². The topological polar surface area (TPSA) is 89.7 Å². The highest BCUT2D eigenvalue weighted by molar-refractivity contribution is 7.90. The van der Waals surface area contributed by atoms with E-state index in [-0.39, 0.29) is 11.0 Å². The molecule has 2 heterocycles. The quantitative estimate of drug-likeness (QED) is 0.476. The minimum absolute atomic E-state index is 0.140. The van der Waals surface area contributed by atoms with Gasteiger partial charge in [0.25, 0.3) is 0 Å². The largest absolute Gasteiger partial charge is 0.488 e. The summed E-state index contributed by atoms with van der Waals surface area (Å²) >= 11 is 0. The minimum atomic E-state index is -3.27. The number of rotatable bonds is 9. The van der Waals surface area contributed by atoms with E-state index in [9.17, 15) is 8.42 Å². The molecule has 33 heavy (non-hydrogen) atoms. The monoisotopic (exact) mass is 468 g/mol. The molecule has 1 aromatic heterocycles. The highest BCUT2D eigenvalue weighted by atomic mass is 32.2. The third-order valence-electron chi connectivity index (χ3n) is 5.20. The number of aromatic nitrogens is 1. The van der Waals surface area contributed by atoms with Crippen molar-refractivity contribution in [1.82, 2.24) is 10.3 Å². The van der Waals surface area contributed by atoms with Crippen LogP contribution in [0.5, 0.6) is 17.2 Å². The number of benzene rings is 2. The van der Waals surface area contributed by atoms with Crippen molar-refractivity contribution in [1.29, 1.82) is 0 Å². The maximum atomic E-state index is 11.7. The molecule has 0 spiro atoms. The number of sulfone groups is 1. The van der Waals surface area contributed by atoms with Crippen LogP contribution in [0.4, 0.5) is 0 Å². The maximum absolute atomic E-state index is 11.7. The van der Waals surface area contributed by atoms with Crippen molar-refractivity contribution in [3.05, 3.63) is 66.4 Å². The van der Waals surface area contributed by atoms with Crippen molar-refractivity contribution < 1.29 is 22.6 Å². The van der Waals surface area contributed by atoms with Crippen molar-refractivity contribution in [3.8, 4) is 28.5 Å². The summed E-state index contributed by atoms with van der Waals surface area (Å²) in [5.74, 6) is 1.76. The number of hydrogen-bond acceptors (Lipinski definition) is 6. The standard InChI is InChI=1S/C25H28N2O5S/c1-17(16-30-2)31-20-13-18(23-10-11-25(27-23)24-5-4-12-26-24)14-21(15-20)32-19-6-8-22(9-7-19)33(3,28)29/h5-11,13-15,17,26-27H,4,12,16H2,1-3H3/t17-/m0/s1. The summed E-state index contributed by atoms with van der Waals surface area (Å²) < 4.78 is 40.7. The van der Waals surface area contributed by atoms with Gasteiger partial charge in [-0.1, -0.05) is 6.08 Å². The Bertz CT molecular complexity index is 1250. The Labute approximate surface area is 194 Å². The molecule has 0 fully saturated rings. The van der Waals surface area contributed by atoms with E-state index in [1.807, 2.05) is 37.3 Å². The van der Waals surface area contributed by atoms with Gasteiger partial charge < -0.3 is 24.5 Å². The van der Waals surface area contributed by atoms with Crippen molar-refractivity contribution in [2.45, 2.75) is 24.3 Å². The zero-order valence-corrected chi connectivity index (χ0v) is 19.7. The van der Waals surface area contributed by atoms with Crippen LogP contribution in [-0.4, -0.2) is 46.0 Å². The van der Waals surface area contributed by atoms with Gasteiger partial charge in [0.1, 0.15) is 23.4 Å². The molecule has 1 aliphatic rings. The Kier molecular flexibility index (Phi) is 6.76. The SMILES string of the molecule is COC[C@H](C)Oc1cc(Oc2ccc(S(C)(=O)=O)cc2)cc(-c2ccc(C3=CCCN3)[nH]2)c1. The third-order valence-corrected chi connectivity index (χ3v) is 6.33. The predicted molar refractivity (Wildman–Crippen MR) is 128 cm³/mol. The fourth-order valence-electron chi connectivity index (χ4n) is 3.67. The summed E-state index contributed by atoms with van der Waals surface area (Å²) in [4.78, 5) is 3.70. The number of H-pyrrole nitrogens is 1. The minimum Gasteiger partial charge on any atom is -0.488 e. The molecule has 0 radical (unpaired) electrons. The lowest BCUT2D eigenvalue weighted by atomic mass is 10.1. The number of ether oxygens (including phenoxy) is 3. The highest BCUT2D eigenvalue weighted by Gasteiger charge is 2.14. The van der Waals surface area contributed by atoms with E-state index in [4.69, 9.17) is 14.2 Å². The van der Waals surface area contributed by atoms with Crippen LogP contribution in [0, 0.1) is 0 Å². The molecule has 4 rings (SSSR count). The molecule has 7 nitrogen and oxygen atoms in total. The van der Waals surface area contributed by atoms with Crippen LogP contribution in [0.25, 0.3) is 17.0 Å². The van der Waals surface area contributed by atoms with Gasteiger partial charge in [-0.25, -0.2) is 8.42 Å². The molecule has 2 aromatic carbocycles. The van der Waals surface area contributed by atoms with Crippen LogP contribution in [0.1, 0.15) is 19.0 Å². The van der Waals surface area contributed by atoms with Crippen molar-refractivity contribution in [2.75, 3.05) is 26.5 Å². The molecule has 0 aliphatic carbocycles. The van der Waals surface area contributed by atoms with Gasteiger partial charge in [-0.2, -0.15) is 0 Å². The summed E-state index contributed by atoms with van der Waals surface area (Å²) in [5, 5.41) is 3.37. The van der Waals surface area contributed by atoms with Gasteiger partial charge in [-0.3, -0.25) is 0 Å². The van der Waals surface area contributed by atoms with E-state index < -0.39 is 9.84 Å². The van der Waals surface area contributed by atoms with Crippen LogP contribution in [0.2, 0.25) is 0 Å². The van der Waals surface area contributed by atoms with Crippen molar-refractivity contribution in [2.24, 2.45) is 0 Å². The maximum Gasteiger partial charge on any atom is 0.175 e. The van der Waals surface area contributed by atoms with E-state index in [1.165, 1.54) is 18.4 Å². The van der Waals surface area contributed by atoms with Gasteiger partial charge in [-0.15, -0.1) is 0 Å². The second kappa shape index (κ2) is 9.72. The normalized spacial score (nSPS) is 14.5. The number of nitrogens with one attached hydrogen (secondary N) is 2. The molecular weight excluding hydrogens is 440 g/mol. The Morgan fingerprint density at radius 2 is 1.70 bits per heavy atom. The smallest absolute Gasteiger partial charge is 0.175 e.